The molecule has 0 N–H and O–H groups in total. The van der Waals surface area contributed by atoms with Crippen LogP contribution in [0.3, 0.4) is 0 Å². The average molecular weight is 478 g/mol. The largest absolute Gasteiger partial charge is 0.466 e. The Balaban J connectivity index is 1.54. The highest BCUT2D eigenvalue weighted by Gasteiger charge is 2.37. The van der Waals surface area contributed by atoms with Crippen LogP contribution in [0, 0.1) is 6.92 Å². The van der Waals surface area contributed by atoms with E-state index in [2.05, 4.69) is 11.7 Å². The summed E-state index contributed by atoms with van der Waals surface area (Å²) in [7, 11) is 3.04. The first-order valence-corrected chi connectivity index (χ1v) is 11.4. The molecule has 1 aromatic carbocycles. The number of likely N-dealkylation sites (N-methyl/N-ethyl adjacent to an activating group) is 1. The molecule has 0 saturated carbocycles. The minimum absolute atomic E-state index is 0.0956. The Morgan fingerprint density at radius 1 is 1.09 bits per heavy atom. The number of methoxy groups -OCH3 is 1. The zero-order chi connectivity index (χ0) is 25.3. The van der Waals surface area contributed by atoms with E-state index in [-0.39, 0.29) is 6.61 Å². The first-order chi connectivity index (χ1) is 16.7. The molecule has 0 unspecified atom stereocenters. The summed E-state index contributed by atoms with van der Waals surface area (Å²) in [6.07, 6.45) is 5.80. The van der Waals surface area contributed by atoms with Gasteiger partial charge in [-0.3, -0.25) is 14.5 Å². The standard InChI is InChI=1S/C27H27NO7/c1-15-6-5-7-18-17(15)8-9-19-24(18)26(32)25(31)23-16(2)20(35-27(19)23)14-28(3)12-13-34-22(30)11-10-21(29)33-4/h7-11H,5-6,12-14H2,1-4H3/b11-10+. The molecule has 0 atom stereocenters. The third-order valence-electron chi connectivity index (χ3n) is 6.41. The van der Waals surface area contributed by atoms with Crippen LogP contribution in [-0.2, 0) is 25.6 Å². The number of nitrogens with zero attached hydrogens (tertiary/aromatic N) is 1. The molecular formula is C27H27NO7. The van der Waals surface area contributed by atoms with Gasteiger partial charge in [-0.1, -0.05) is 17.7 Å². The van der Waals surface area contributed by atoms with E-state index >= 15 is 0 Å². The monoisotopic (exact) mass is 477 g/mol. The van der Waals surface area contributed by atoms with Crippen molar-refractivity contribution in [3.05, 3.63) is 57.2 Å². The fourth-order valence-corrected chi connectivity index (χ4v) is 4.49. The Morgan fingerprint density at radius 2 is 1.80 bits per heavy atom. The van der Waals surface area contributed by atoms with Crippen LogP contribution in [0.15, 0.2) is 28.7 Å². The van der Waals surface area contributed by atoms with Gasteiger partial charge in [0.2, 0.25) is 11.6 Å². The van der Waals surface area contributed by atoms with Crippen LogP contribution < -0.4 is 10.4 Å². The molecule has 35 heavy (non-hydrogen) atoms. The van der Waals surface area contributed by atoms with Crippen LogP contribution in [0.2, 0.25) is 0 Å². The molecule has 8 nitrogen and oxygen atoms in total. The lowest BCUT2D eigenvalue weighted by Crippen LogP contribution is -2.38. The van der Waals surface area contributed by atoms with Crippen LogP contribution in [0.5, 0.6) is 0 Å². The molecule has 0 spiro atoms. The molecule has 0 aliphatic heterocycles. The molecule has 1 aromatic heterocycles. The molecule has 1 heterocycles. The van der Waals surface area contributed by atoms with Gasteiger partial charge in [0.1, 0.15) is 18.1 Å². The van der Waals surface area contributed by atoms with E-state index in [9.17, 15) is 19.2 Å². The van der Waals surface area contributed by atoms with Crippen molar-refractivity contribution in [3.8, 4) is 11.3 Å². The first kappa shape index (κ1) is 24.3. The third-order valence-corrected chi connectivity index (χ3v) is 6.41. The lowest BCUT2D eigenvalue weighted by Gasteiger charge is -2.17. The van der Waals surface area contributed by atoms with Crippen molar-refractivity contribution in [1.29, 1.82) is 0 Å². The van der Waals surface area contributed by atoms with Crippen molar-refractivity contribution >= 4 is 35.2 Å². The van der Waals surface area contributed by atoms with Gasteiger partial charge in [0.15, 0.2) is 0 Å². The SMILES string of the molecule is COC(=O)/C=C/C(=O)OCCN(C)Cc1oc2c(c1C)C(=O)C(=O)c1c-2ccc2c1=CCCC=2C. The van der Waals surface area contributed by atoms with Gasteiger partial charge in [-0.25, -0.2) is 9.59 Å². The summed E-state index contributed by atoms with van der Waals surface area (Å²) in [4.78, 5) is 50.8. The molecule has 0 saturated heterocycles. The van der Waals surface area contributed by atoms with Crippen LogP contribution in [-0.4, -0.2) is 55.7 Å². The quantitative estimate of drug-likeness (QED) is 0.339. The number of rotatable bonds is 7. The van der Waals surface area contributed by atoms with E-state index < -0.39 is 23.5 Å². The number of hydrogen-bond donors (Lipinski definition) is 0. The molecule has 0 radical (unpaired) electrons. The van der Waals surface area contributed by atoms with Crippen molar-refractivity contribution in [2.45, 2.75) is 33.2 Å². The predicted octanol–water partition coefficient (Wildman–Crippen LogP) is 2.08. The number of carbonyl (C=O) groups is 4. The van der Waals surface area contributed by atoms with Gasteiger partial charge >= 0.3 is 11.9 Å². The molecule has 0 bridgehead atoms. The molecule has 8 heteroatoms. The average Bonchev–Trinajstić information content (AvgIpc) is 3.16. The van der Waals surface area contributed by atoms with Gasteiger partial charge in [0.05, 0.1) is 19.2 Å². The summed E-state index contributed by atoms with van der Waals surface area (Å²) in [6, 6.07) is 3.87. The van der Waals surface area contributed by atoms with Crippen molar-refractivity contribution in [3.63, 3.8) is 0 Å². The highest BCUT2D eigenvalue weighted by atomic mass is 16.5. The molecule has 2 aliphatic rings. The highest BCUT2D eigenvalue weighted by Crippen LogP contribution is 2.37. The molecule has 2 aliphatic carbocycles. The van der Waals surface area contributed by atoms with Crippen molar-refractivity contribution in [2.75, 3.05) is 27.3 Å². The fraction of sp³-hybridized carbons (Fsp3) is 0.333. The third kappa shape index (κ3) is 4.61. The summed E-state index contributed by atoms with van der Waals surface area (Å²) >= 11 is 0. The van der Waals surface area contributed by atoms with Gasteiger partial charge in [0, 0.05) is 35.4 Å². The Kier molecular flexibility index (Phi) is 6.84. The summed E-state index contributed by atoms with van der Waals surface area (Å²) in [5, 5.41) is 1.84. The number of benzene rings is 1. The Bertz CT molecular complexity index is 1390. The lowest BCUT2D eigenvalue weighted by atomic mass is 9.83. The zero-order valence-electron chi connectivity index (χ0n) is 20.2. The molecule has 182 valence electrons. The van der Waals surface area contributed by atoms with Gasteiger partial charge in [-0.15, -0.1) is 0 Å². The van der Waals surface area contributed by atoms with Crippen LogP contribution in [0.1, 0.15) is 51.8 Å². The zero-order valence-corrected chi connectivity index (χ0v) is 20.2. The lowest BCUT2D eigenvalue weighted by molar-refractivity contribution is -0.139. The second-order valence-corrected chi connectivity index (χ2v) is 8.75. The second-order valence-electron chi connectivity index (χ2n) is 8.75. The maximum atomic E-state index is 13.1. The van der Waals surface area contributed by atoms with E-state index in [1.165, 1.54) is 12.7 Å². The number of hydrogen-bond acceptors (Lipinski definition) is 8. The van der Waals surface area contributed by atoms with E-state index in [1.54, 1.807) is 6.92 Å². The molecule has 2 aromatic rings. The number of Topliss-reactive ketones (excluding diaryl/α,β-unsaturated/α-hetero) is 2. The van der Waals surface area contributed by atoms with Gasteiger partial charge in [-0.2, -0.15) is 0 Å². The van der Waals surface area contributed by atoms with E-state index in [1.807, 2.05) is 30.2 Å². The van der Waals surface area contributed by atoms with Crippen molar-refractivity contribution in [2.24, 2.45) is 0 Å². The molecule has 0 amide bonds. The number of ether oxygens (including phenoxy) is 2. The Morgan fingerprint density at radius 3 is 2.54 bits per heavy atom. The smallest absolute Gasteiger partial charge is 0.331 e. The molecular weight excluding hydrogens is 450 g/mol. The number of ketones is 2. The van der Waals surface area contributed by atoms with Crippen LogP contribution in [0.25, 0.3) is 23.0 Å². The second kappa shape index (κ2) is 9.84. The van der Waals surface area contributed by atoms with Crippen LogP contribution in [0.4, 0.5) is 0 Å². The Hall–Kier alpha value is -3.78. The summed E-state index contributed by atoms with van der Waals surface area (Å²) < 4.78 is 15.7. The predicted molar refractivity (Wildman–Crippen MR) is 128 cm³/mol. The van der Waals surface area contributed by atoms with E-state index in [0.717, 1.165) is 35.4 Å². The summed E-state index contributed by atoms with van der Waals surface area (Å²) in [5.74, 6) is -1.32. The normalized spacial score (nSPS) is 14.5. The van der Waals surface area contributed by atoms with Gasteiger partial charge in [-0.05, 0) is 50.2 Å². The van der Waals surface area contributed by atoms with E-state index in [0.29, 0.717) is 46.9 Å². The number of esters is 2. The van der Waals surface area contributed by atoms with Gasteiger partial charge < -0.3 is 13.9 Å². The fourth-order valence-electron chi connectivity index (χ4n) is 4.49. The Labute approximate surface area is 202 Å². The van der Waals surface area contributed by atoms with E-state index in [4.69, 9.17) is 9.15 Å². The number of fused-ring (bicyclic) bond motifs is 5. The first-order valence-electron chi connectivity index (χ1n) is 11.4. The minimum atomic E-state index is -0.651. The minimum Gasteiger partial charge on any atom is -0.466 e. The maximum absolute atomic E-state index is 13.1. The van der Waals surface area contributed by atoms with Crippen LogP contribution >= 0.6 is 0 Å². The topological polar surface area (TPSA) is 103 Å². The number of furan rings is 1. The highest BCUT2D eigenvalue weighted by molar-refractivity contribution is 6.53. The molecule has 0 fully saturated rings. The van der Waals surface area contributed by atoms with Gasteiger partial charge in [0.25, 0.3) is 0 Å². The molecule has 4 rings (SSSR count). The summed E-state index contributed by atoms with van der Waals surface area (Å²) in [6.45, 7) is 4.68. The van der Waals surface area contributed by atoms with Crippen molar-refractivity contribution in [1.82, 2.24) is 4.90 Å². The number of carbonyl (C=O) groups excluding carboxylic acids is 4. The van der Waals surface area contributed by atoms with Crippen molar-refractivity contribution < 1.29 is 33.1 Å². The summed E-state index contributed by atoms with van der Waals surface area (Å²) in [5.41, 5.74) is 3.24. The maximum Gasteiger partial charge on any atom is 0.331 e.